The summed E-state index contributed by atoms with van der Waals surface area (Å²) in [5.41, 5.74) is -2.55. The van der Waals surface area contributed by atoms with Gasteiger partial charge in [0.05, 0.1) is 68.9 Å². The Morgan fingerprint density at radius 2 is 1.41 bits per heavy atom. The van der Waals surface area contributed by atoms with Gasteiger partial charge in [-0.2, -0.15) is 28.9 Å². The number of carbonyl (C=O) groups is 4. The van der Waals surface area contributed by atoms with Crippen LogP contribution in [0.25, 0.3) is 0 Å². The minimum Gasteiger partial charge on any atom is -0.744 e. The molecule has 0 spiro atoms. The first-order valence-electron chi connectivity index (χ1n) is 14.8. The second kappa shape index (κ2) is 28.7. The van der Waals surface area contributed by atoms with Crippen molar-refractivity contribution < 1.29 is 289 Å². The molecule has 0 saturated carbocycles. The van der Waals surface area contributed by atoms with E-state index in [1.54, 1.807) is 0 Å². The van der Waals surface area contributed by atoms with E-state index in [2.05, 4.69) is 28.9 Å². The molecule has 1 atom stereocenters. The van der Waals surface area contributed by atoms with E-state index in [0.717, 1.165) is 48.6 Å². The van der Waals surface area contributed by atoms with Gasteiger partial charge in [-0.25, -0.2) is 26.4 Å². The van der Waals surface area contributed by atoms with Crippen molar-refractivity contribution >= 4 is 90.9 Å². The van der Waals surface area contributed by atoms with Crippen LogP contribution in [0.3, 0.4) is 0 Å². The standard InChI is InChI=1S/C29H26N4O18S4.4K/c1-3-46-28(36)24-18(26(34)32(30-24)20-15-17(54(40,41)42)11-12-22(20)53-51-49-39)8-6-5-7-9-19-25(29(37)47-4-2)31-33(27(19)35)21-14-16(52-50-48-38)10-13-23(21)55(43,44)45;;;;/h5-15,18,38-39H,3-4H2,1-2H3,(H,40,41,42)(H,43,44,45);;;;/q;4*+1/p-4. The first-order chi connectivity index (χ1) is 26.1. The third kappa shape index (κ3) is 16.5. The third-order valence-corrected chi connectivity index (χ3v) is 9.72. The van der Waals surface area contributed by atoms with Crippen molar-refractivity contribution in [3.63, 3.8) is 0 Å². The van der Waals surface area contributed by atoms with Crippen molar-refractivity contribution in [3.8, 4) is 0 Å². The van der Waals surface area contributed by atoms with Crippen LogP contribution in [-0.4, -0.2) is 74.3 Å². The number of carbonyl (C=O) groups excluding carboxylic acids is 4. The Bertz CT molecular complexity index is 2260. The second-order valence-corrected chi connectivity index (χ2v) is 14.3. The number of anilines is 2. The van der Waals surface area contributed by atoms with Gasteiger partial charge in [-0.1, -0.05) is 24.3 Å². The van der Waals surface area contributed by atoms with E-state index in [9.17, 15) is 55.6 Å². The Balaban J connectivity index is 0.00000841. The number of amides is 2. The summed E-state index contributed by atoms with van der Waals surface area (Å²) in [7, 11) is -10.3. The Morgan fingerprint density at radius 3 is 2.00 bits per heavy atom. The number of benzene rings is 2. The maximum Gasteiger partial charge on any atom is 1.00 e. The van der Waals surface area contributed by atoms with E-state index in [-0.39, 0.29) is 246 Å². The van der Waals surface area contributed by atoms with E-state index in [1.165, 1.54) is 32.1 Å². The fraction of sp³-hybridized carbons (Fsp3) is 0.172. The van der Waals surface area contributed by atoms with Gasteiger partial charge in [-0.05, 0) is 56.3 Å². The summed E-state index contributed by atoms with van der Waals surface area (Å²) >= 11 is 0.535. The van der Waals surface area contributed by atoms with Gasteiger partial charge in [-0.15, -0.1) is 0 Å². The van der Waals surface area contributed by atoms with Crippen molar-refractivity contribution in [2.45, 2.75) is 33.4 Å². The van der Waals surface area contributed by atoms with Gasteiger partial charge in [0.2, 0.25) is 0 Å². The molecule has 22 nitrogen and oxygen atoms in total. The summed E-state index contributed by atoms with van der Waals surface area (Å²) in [5.74, 6) is -5.73. The molecule has 0 radical (unpaired) electrons. The van der Waals surface area contributed by atoms with Gasteiger partial charge >= 0.3 is 217 Å². The molecule has 0 bridgehead atoms. The fourth-order valence-electron chi connectivity index (χ4n) is 4.57. The second-order valence-electron chi connectivity index (χ2n) is 10.1. The molecule has 4 rings (SSSR count). The molecule has 0 fully saturated rings. The van der Waals surface area contributed by atoms with Gasteiger partial charge in [-0.3, -0.25) is 19.7 Å². The molecule has 2 amide bonds. The number of allylic oxidation sites excluding steroid dienone is 4. The van der Waals surface area contributed by atoms with Crippen molar-refractivity contribution in [2.75, 3.05) is 23.2 Å². The van der Waals surface area contributed by atoms with E-state index in [0.29, 0.717) is 22.1 Å². The molecule has 0 saturated heterocycles. The molecule has 2 aromatic rings. The number of hydrazone groups is 2. The molecule has 2 aliphatic rings. The maximum absolute atomic E-state index is 13.6. The average molecular weight is 999 g/mol. The van der Waals surface area contributed by atoms with Gasteiger partial charge in [0, 0.05) is 4.90 Å². The topological polar surface area (TPSA) is 315 Å². The molecular formula is C29H22K4N4O18S4. The van der Waals surface area contributed by atoms with Crippen LogP contribution in [0.4, 0.5) is 11.4 Å². The maximum atomic E-state index is 13.6. The van der Waals surface area contributed by atoms with E-state index < -0.39 is 82.4 Å². The Morgan fingerprint density at radius 1 is 0.780 bits per heavy atom. The summed E-state index contributed by atoms with van der Waals surface area (Å²) < 4.78 is 89.7. The normalized spacial score (nSPS) is 16.0. The van der Waals surface area contributed by atoms with Crippen LogP contribution in [0.1, 0.15) is 13.8 Å². The number of esters is 2. The largest absolute Gasteiger partial charge is 1.00 e. The first-order valence-corrected chi connectivity index (χ1v) is 19.1. The molecule has 2 aliphatic heterocycles. The van der Waals surface area contributed by atoms with E-state index in [1.807, 2.05) is 0 Å². The van der Waals surface area contributed by atoms with Gasteiger partial charge in [0.15, 0.2) is 11.4 Å². The number of rotatable bonds is 17. The van der Waals surface area contributed by atoms with Crippen molar-refractivity contribution in [1.82, 2.24) is 0 Å². The molecule has 2 aromatic carbocycles. The Hall–Kier alpha value is 1.71. The zero-order chi connectivity index (χ0) is 40.5. The number of ether oxygens (including phenoxy) is 2. The van der Waals surface area contributed by atoms with Gasteiger partial charge in [0.25, 0.3) is 11.8 Å². The molecule has 1 unspecified atom stereocenters. The van der Waals surface area contributed by atoms with Crippen LogP contribution in [0.5, 0.6) is 0 Å². The predicted molar refractivity (Wildman–Crippen MR) is 178 cm³/mol. The smallest absolute Gasteiger partial charge is 0.744 e. The molecule has 294 valence electrons. The van der Waals surface area contributed by atoms with Crippen molar-refractivity contribution in [2.24, 2.45) is 16.1 Å². The van der Waals surface area contributed by atoms with Crippen LogP contribution in [0, 0.1) is 5.92 Å². The molecule has 0 aromatic heterocycles. The summed E-state index contributed by atoms with van der Waals surface area (Å²) in [6.45, 7) is 2.63. The Kier molecular flexibility index (Phi) is 29.5. The first kappa shape index (κ1) is 60.7. The number of nitrogens with zero attached hydrogens (tertiary/aromatic N) is 4. The monoisotopic (exact) mass is 998 g/mol. The zero-order valence-electron chi connectivity index (χ0n) is 31.6. The predicted octanol–water partition coefficient (Wildman–Crippen LogP) is -12.1. The van der Waals surface area contributed by atoms with Crippen LogP contribution in [0.15, 0.2) is 102 Å². The SMILES string of the molecule is CCOC(=O)C1=NN(c2cc(SOO[O-])ccc2S(=O)(=O)[O-])C(=O)C1=CC=CC=CC1C(=O)N(c2cc(S(=O)(=O)[O-])ccc2SOO[O-])N=C1C(=O)OCC.[K+].[K+].[K+].[K+]. The van der Waals surface area contributed by atoms with E-state index in [4.69, 9.17) is 9.47 Å². The molecule has 0 N–H and O–H groups in total. The Labute approximate surface area is 514 Å². The summed E-state index contributed by atoms with van der Waals surface area (Å²) in [4.78, 5) is 50.8. The summed E-state index contributed by atoms with van der Waals surface area (Å²) in [5, 5.41) is 36.2. The summed E-state index contributed by atoms with van der Waals surface area (Å²) in [6, 6.07) is 5.47. The number of hydrogen-bond acceptors (Lipinski definition) is 22. The van der Waals surface area contributed by atoms with Crippen LogP contribution < -0.4 is 226 Å². The van der Waals surface area contributed by atoms with Gasteiger partial charge in [0.1, 0.15) is 26.2 Å². The molecule has 30 heteroatoms. The molecule has 0 aliphatic carbocycles. The van der Waals surface area contributed by atoms with E-state index >= 15 is 0 Å². The summed E-state index contributed by atoms with van der Waals surface area (Å²) in [6.07, 6.45) is 5.81. The number of hydrogen-bond donors (Lipinski definition) is 0. The van der Waals surface area contributed by atoms with Crippen LogP contribution in [-0.2, 0) is 67.6 Å². The minimum absolute atomic E-state index is 0. The fourth-order valence-corrected chi connectivity index (χ4v) is 6.55. The molecule has 2 heterocycles. The van der Waals surface area contributed by atoms with Crippen molar-refractivity contribution in [1.29, 1.82) is 0 Å². The van der Waals surface area contributed by atoms with Crippen LogP contribution >= 0.6 is 24.1 Å². The van der Waals surface area contributed by atoms with Crippen LogP contribution in [0.2, 0.25) is 0 Å². The molecular weight excluding hydrogens is 977 g/mol. The third-order valence-electron chi connectivity index (χ3n) is 6.78. The molecule has 59 heavy (non-hydrogen) atoms. The minimum atomic E-state index is -5.24. The van der Waals surface area contributed by atoms with Gasteiger partial charge < -0.3 is 29.1 Å². The average Bonchev–Trinajstić information content (AvgIpc) is 3.64. The quantitative estimate of drug-likeness (QED) is 0.0208. The van der Waals surface area contributed by atoms with Crippen molar-refractivity contribution in [3.05, 3.63) is 72.4 Å². The zero-order valence-corrected chi connectivity index (χ0v) is 47.4.